The highest BCUT2D eigenvalue weighted by Gasteiger charge is 2.26. The van der Waals surface area contributed by atoms with Crippen molar-refractivity contribution in [2.45, 2.75) is 32.8 Å². The summed E-state index contributed by atoms with van der Waals surface area (Å²) in [4.78, 5) is 12.2. The Bertz CT molecular complexity index is 474. The van der Waals surface area contributed by atoms with Crippen LogP contribution in [0.1, 0.15) is 35.7 Å². The first-order chi connectivity index (χ1) is 9.65. The normalized spacial score (nSPS) is 21.8. The van der Waals surface area contributed by atoms with Gasteiger partial charge in [0.25, 0.3) is 5.91 Å². The largest absolute Gasteiger partial charge is 0.388 e. The van der Waals surface area contributed by atoms with Gasteiger partial charge in [0.15, 0.2) is 0 Å². The van der Waals surface area contributed by atoms with E-state index in [4.69, 9.17) is 4.74 Å². The van der Waals surface area contributed by atoms with Crippen LogP contribution in [0.25, 0.3) is 0 Å². The lowest BCUT2D eigenvalue weighted by atomic mass is 9.99. The standard InChI is InChI=1S/C16H24N2O2/c1-4-15-13(7-8-20-15)10-18-16(19)12-5-6-14(17-3)11(2)9-12/h5-6,9,13,15,17H,4,7-8,10H2,1-3H3,(H,18,19). The van der Waals surface area contributed by atoms with Crippen molar-refractivity contribution in [2.24, 2.45) is 5.92 Å². The molecule has 1 heterocycles. The molecule has 20 heavy (non-hydrogen) atoms. The molecule has 110 valence electrons. The van der Waals surface area contributed by atoms with Crippen molar-refractivity contribution in [3.8, 4) is 0 Å². The maximum Gasteiger partial charge on any atom is 0.251 e. The highest BCUT2D eigenvalue weighted by atomic mass is 16.5. The fourth-order valence-corrected chi connectivity index (χ4v) is 2.79. The lowest BCUT2D eigenvalue weighted by molar-refractivity contribution is 0.0827. The Kier molecular flexibility index (Phi) is 5.01. The second-order valence-electron chi connectivity index (χ2n) is 5.36. The third-order valence-electron chi connectivity index (χ3n) is 4.03. The summed E-state index contributed by atoms with van der Waals surface area (Å²) in [6.07, 6.45) is 2.34. The number of carbonyl (C=O) groups is 1. The Hall–Kier alpha value is -1.55. The van der Waals surface area contributed by atoms with E-state index in [0.717, 1.165) is 30.7 Å². The second kappa shape index (κ2) is 6.75. The van der Waals surface area contributed by atoms with Crippen molar-refractivity contribution in [1.82, 2.24) is 5.32 Å². The summed E-state index contributed by atoms with van der Waals surface area (Å²) in [5, 5.41) is 6.13. The van der Waals surface area contributed by atoms with E-state index in [2.05, 4.69) is 17.6 Å². The number of carbonyl (C=O) groups excluding carboxylic acids is 1. The van der Waals surface area contributed by atoms with Crippen LogP contribution in [0.15, 0.2) is 18.2 Å². The van der Waals surface area contributed by atoms with Gasteiger partial charge in [-0.1, -0.05) is 6.92 Å². The van der Waals surface area contributed by atoms with Gasteiger partial charge in [0, 0.05) is 37.4 Å². The van der Waals surface area contributed by atoms with Gasteiger partial charge in [-0.3, -0.25) is 4.79 Å². The highest BCUT2D eigenvalue weighted by molar-refractivity contribution is 5.94. The van der Waals surface area contributed by atoms with Crippen LogP contribution in [0.4, 0.5) is 5.69 Å². The molecule has 1 aromatic carbocycles. The first kappa shape index (κ1) is 14.9. The fourth-order valence-electron chi connectivity index (χ4n) is 2.79. The first-order valence-electron chi connectivity index (χ1n) is 7.34. The van der Waals surface area contributed by atoms with Gasteiger partial charge in [-0.15, -0.1) is 0 Å². The van der Waals surface area contributed by atoms with Crippen molar-refractivity contribution < 1.29 is 9.53 Å². The summed E-state index contributed by atoms with van der Waals surface area (Å²) < 4.78 is 5.64. The summed E-state index contributed by atoms with van der Waals surface area (Å²) in [7, 11) is 1.88. The average Bonchev–Trinajstić information content (AvgIpc) is 2.92. The maximum absolute atomic E-state index is 12.2. The third kappa shape index (κ3) is 3.31. The molecule has 0 bridgehead atoms. The summed E-state index contributed by atoms with van der Waals surface area (Å²) in [6.45, 7) is 5.64. The number of ether oxygens (including phenoxy) is 1. The Labute approximate surface area is 120 Å². The van der Waals surface area contributed by atoms with Crippen LogP contribution in [0.3, 0.4) is 0 Å². The Morgan fingerprint density at radius 3 is 2.90 bits per heavy atom. The van der Waals surface area contributed by atoms with Crippen LogP contribution in [-0.2, 0) is 4.74 Å². The molecule has 2 atom stereocenters. The smallest absolute Gasteiger partial charge is 0.251 e. The van der Waals surface area contributed by atoms with Crippen LogP contribution in [0.5, 0.6) is 0 Å². The van der Waals surface area contributed by atoms with E-state index in [9.17, 15) is 4.79 Å². The zero-order valence-corrected chi connectivity index (χ0v) is 12.5. The fraction of sp³-hybridized carbons (Fsp3) is 0.562. The molecule has 0 radical (unpaired) electrons. The van der Waals surface area contributed by atoms with Gasteiger partial charge < -0.3 is 15.4 Å². The average molecular weight is 276 g/mol. The monoisotopic (exact) mass is 276 g/mol. The van der Waals surface area contributed by atoms with Crippen LogP contribution in [-0.4, -0.2) is 32.2 Å². The molecule has 0 aromatic heterocycles. The summed E-state index contributed by atoms with van der Waals surface area (Å²) in [6, 6.07) is 5.72. The molecule has 4 heteroatoms. The van der Waals surface area contributed by atoms with Crippen molar-refractivity contribution in [1.29, 1.82) is 0 Å². The Morgan fingerprint density at radius 2 is 2.25 bits per heavy atom. The van der Waals surface area contributed by atoms with Crippen molar-refractivity contribution in [3.05, 3.63) is 29.3 Å². The zero-order valence-electron chi connectivity index (χ0n) is 12.5. The maximum atomic E-state index is 12.2. The van der Waals surface area contributed by atoms with Crippen LogP contribution >= 0.6 is 0 Å². The predicted octanol–water partition coefficient (Wildman–Crippen LogP) is 2.58. The number of hydrogen-bond acceptors (Lipinski definition) is 3. The second-order valence-corrected chi connectivity index (χ2v) is 5.36. The van der Waals surface area contributed by atoms with Crippen molar-refractivity contribution in [2.75, 3.05) is 25.5 Å². The molecule has 0 saturated carbocycles. The summed E-state index contributed by atoms with van der Waals surface area (Å²) in [5.41, 5.74) is 2.85. The lowest BCUT2D eigenvalue weighted by Crippen LogP contribution is -2.32. The molecule has 1 saturated heterocycles. The van der Waals surface area contributed by atoms with E-state index >= 15 is 0 Å². The molecule has 2 N–H and O–H groups in total. The number of amides is 1. The van der Waals surface area contributed by atoms with E-state index < -0.39 is 0 Å². The molecular weight excluding hydrogens is 252 g/mol. The topological polar surface area (TPSA) is 50.4 Å². The molecule has 2 rings (SSSR count). The van der Waals surface area contributed by atoms with Crippen molar-refractivity contribution in [3.63, 3.8) is 0 Å². The van der Waals surface area contributed by atoms with Gasteiger partial charge in [0.1, 0.15) is 0 Å². The van der Waals surface area contributed by atoms with E-state index in [-0.39, 0.29) is 5.91 Å². The SMILES string of the molecule is CCC1OCCC1CNC(=O)c1ccc(NC)c(C)c1. The first-order valence-corrected chi connectivity index (χ1v) is 7.34. The van der Waals surface area contributed by atoms with Crippen molar-refractivity contribution >= 4 is 11.6 Å². The van der Waals surface area contributed by atoms with Crippen LogP contribution in [0, 0.1) is 12.8 Å². The predicted molar refractivity (Wildman–Crippen MR) is 81.2 cm³/mol. The minimum absolute atomic E-state index is 0.00231. The van der Waals surface area contributed by atoms with E-state index in [1.165, 1.54) is 0 Å². The Balaban J connectivity index is 1.93. The molecule has 2 unspecified atom stereocenters. The Morgan fingerprint density at radius 1 is 1.45 bits per heavy atom. The number of aryl methyl sites for hydroxylation is 1. The number of hydrogen-bond donors (Lipinski definition) is 2. The lowest BCUT2D eigenvalue weighted by Gasteiger charge is -2.17. The van der Waals surface area contributed by atoms with E-state index in [1.807, 2.05) is 32.2 Å². The number of rotatable bonds is 5. The quantitative estimate of drug-likeness (QED) is 0.869. The van der Waals surface area contributed by atoms with Gasteiger partial charge in [-0.25, -0.2) is 0 Å². The van der Waals surface area contributed by atoms with E-state index in [0.29, 0.717) is 24.1 Å². The van der Waals surface area contributed by atoms with Gasteiger partial charge >= 0.3 is 0 Å². The number of nitrogens with one attached hydrogen (secondary N) is 2. The molecule has 4 nitrogen and oxygen atoms in total. The molecule has 0 spiro atoms. The van der Waals surface area contributed by atoms with Gasteiger partial charge in [0.05, 0.1) is 6.10 Å². The summed E-state index contributed by atoms with van der Waals surface area (Å²) in [5.74, 6) is 0.444. The molecule has 1 amide bonds. The number of anilines is 1. The highest BCUT2D eigenvalue weighted by Crippen LogP contribution is 2.22. The molecule has 1 aliphatic heterocycles. The molecule has 0 aliphatic carbocycles. The van der Waals surface area contributed by atoms with Crippen LogP contribution < -0.4 is 10.6 Å². The molecule has 1 fully saturated rings. The summed E-state index contributed by atoms with van der Waals surface area (Å²) >= 11 is 0. The number of benzene rings is 1. The van der Waals surface area contributed by atoms with E-state index in [1.54, 1.807) is 0 Å². The van der Waals surface area contributed by atoms with Gasteiger partial charge in [-0.2, -0.15) is 0 Å². The molecular formula is C16H24N2O2. The third-order valence-corrected chi connectivity index (χ3v) is 4.03. The van der Waals surface area contributed by atoms with Gasteiger partial charge in [0.2, 0.25) is 0 Å². The zero-order chi connectivity index (χ0) is 14.5. The minimum Gasteiger partial charge on any atom is -0.388 e. The van der Waals surface area contributed by atoms with Gasteiger partial charge in [-0.05, 0) is 43.5 Å². The molecule has 1 aliphatic rings. The molecule has 1 aromatic rings. The van der Waals surface area contributed by atoms with Crippen LogP contribution in [0.2, 0.25) is 0 Å². The minimum atomic E-state index is -0.00231.